The number of carbonyl (C=O) groups excluding carboxylic acids is 1. The minimum absolute atomic E-state index is 0.0123. The maximum absolute atomic E-state index is 11.7. The summed E-state index contributed by atoms with van der Waals surface area (Å²) in [5.41, 5.74) is 2.00. The van der Waals surface area contributed by atoms with E-state index in [0.717, 1.165) is 11.1 Å². The number of rotatable bonds is 7. The fraction of sp³-hybridized carbons (Fsp3) is 0.278. The van der Waals surface area contributed by atoms with E-state index >= 15 is 0 Å². The van der Waals surface area contributed by atoms with Crippen molar-refractivity contribution in [2.24, 2.45) is 5.92 Å². The van der Waals surface area contributed by atoms with Crippen LogP contribution >= 0.6 is 11.6 Å². The van der Waals surface area contributed by atoms with Gasteiger partial charge in [-0.15, -0.1) is 0 Å². The van der Waals surface area contributed by atoms with Gasteiger partial charge in [-0.1, -0.05) is 54.1 Å². The van der Waals surface area contributed by atoms with Gasteiger partial charge in [0.1, 0.15) is 6.61 Å². The molecule has 4 nitrogen and oxygen atoms in total. The summed E-state index contributed by atoms with van der Waals surface area (Å²) in [5.74, 6) is -0.0690. The predicted octanol–water partition coefficient (Wildman–Crippen LogP) is 3.42. The van der Waals surface area contributed by atoms with Crippen LogP contribution in [0.25, 0.3) is 0 Å². The molecule has 2 rings (SSSR count). The third-order valence-corrected chi connectivity index (χ3v) is 3.70. The first-order chi connectivity index (χ1) is 11.2. The Balaban J connectivity index is 1.74. The highest BCUT2D eigenvalue weighted by atomic mass is 35.5. The van der Waals surface area contributed by atoms with E-state index in [4.69, 9.17) is 16.3 Å². The molecule has 5 heteroatoms. The number of aliphatic hydroxyl groups excluding tert-OH is 1. The van der Waals surface area contributed by atoms with Gasteiger partial charge in [-0.2, -0.15) is 0 Å². The number of carbonyl (C=O) groups is 1. The molecule has 2 aromatic carbocycles. The van der Waals surface area contributed by atoms with Gasteiger partial charge in [-0.05, 0) is 29.7 Å². The SMILES string of the molecule is O=C(NCC(CO)Cc1ccc(Cl)cc1)OCc1ccccc1. The van der Waals surface area contributed by atoms with Crippen LogP contribution in [0.2, 0.25) is 5.02 Å². The second-order valence-corrected chi connectivity index (χ2v) is 5.76. The lowest BCUT2D eigenvalue weighted by Crippen LogP contribution is -2.32. The van der Waals surface area contributed by atoms with Crippen molar-refractivity contribution in [3.63, 3.8) is 0 Å². The van der Waals surface area contributed by atoms with Gasteiger partial charge in [0.05, 0.1) is 0 Å². The van der Waals surface area contributed by atoms with Gasteiger partial charge in [0.15, 0.2) is 0 Å². The van der Waals surface area contributed by atoms with E-state index in [2.05, 4.69) is 5.32 Å². The minimum Gasteiger partial charge on any atom is -0.445 e. The molecule has 2 aromatic rings. The van der Waals surface area contributed by atoms with Gasteiger partial charge in [0.2, 0.25) is 0 Å². The number of amides is 1. The summed E-state index contributed by atoms with van der Waals surface area (Å²) in [4.78, 5) is 11.7. The summed E-state index contributed by atoms with van der Waals surface area (Å²) in [6, 6.07) is 16.9. The lowest BCUT2D eigenvalue weighted by molar-refractivity contribution is 0.135. The third kappa shape index (κ3) is 6.30. The zero-order chi connectivity index (χ0) is 16.5. The van der Waals surface area contributed by atoms with Crippen LogP contribution in [-0.2, 0) is 17.8 Å². The molecule has 2 N–H and O–H groups in total. The first-order valence-corrected chi connectivity index (χ1v) is 7.85. The highest BCUT2D eigenvalue weighted by Gasteiger charge is 2.11. The van der Waals surface area contributed by atoms with Gasteiger partial charge >= 0.3 is 6.09 Å². The standard InChI is InChI=1S/C18H20ClNO3/c19-17-8-6-14(7-9-17)10-16(12-21)11-20-18(22)23-13-15-4-2-1-3-5-15/h1-9,16,21H,10-13H2,(H,20,22). The number of nitrogens with one attached hydrogen (secondary N) is 1. The molecule has 23 heavy (non-hydrogen) atoms. The summed E-state index contributed by atoms with van der Waals surface area (Å²) in [5, 5.41) is 12.8. The molecular weight excluding hydrogens is 314 g/mol. The number of alkyl carbamates (subject to hydrolysis) is 1. The number of hydrogen-bond donors (Lipinski definition) is 2. The fourth-order valence-electron chi connectivity index (χ4n) is 2.16. The van der Waals surface area contributed by atoms with E-state index in [-0.39, 0.29) is 19.1 Å². The van der Waals surface area contributed by atoms with E-state index < -0.39 is 6.09 Å². The lowest BCUT2D eigenvalue weighted by atomic mass is 10.0. The fourth-order valence-corrected chi connectivity index (χ4v) is 2.28. The quantitative estimate of drug-likeness (QED) is 0.816. The van der Waals surface area contributed by atoms with Crippen LogP contribution in [0, 0.1) is 5.92 Å². The number of aliphatic hydroxyl groups is 1. The van der Waals surface area contributed by atoms with Crippen molar-refractivity contribution in [2.45, 2.75) is 13.0 Å². The summed E-state index contributed by atoms with van der Waals surface area (Å²) in [6.45, 7) is 0.571. The first kappa shape index (κ1) is 17.3. The van der Waals surface area contributed by atoms with Crippen LogP contribution in [0.15, 0.2) is 54.6 Å². The molecule has 122 valence electrons. The maximum Gasteiger partial charge on any atom is 0.407 e. The van der Waals surface area contributed by atoms with Crippen LogP contribution in [0.4, 0.5) is 4.79 Å². The average Bonchev–Trinajstić information content (AvgIpc) is 2.59. The monoisotopic (exact) mass is 333 g/mol. The molecule has 1 amide bonds. The normalized spacial score (nSPS) is 11.7. The van der Waals surface area contributed by atoms with Crippen molar-refractivity contribution < 1.29 is 14.6 Å². The average molecular weight is 334 g/mol. The zero-order valence-corrected chi connectivity index (χ0v) is 13.5. The second kappa shape index (κ2) is 9.18. The van der Waals surface area contributed by atoms with Crippen LogP contribution < -0.4 is 5.32 Å². The molecule has 0 saturated heterocycles. The molecule has 0 aliphatic rings. The highest BCUT2D eigenvalue weighted by Crippen LogP contribution is 2.13. The van der Waals surface area contributed by atoms with E-state index in [1.54, 1.807) is 0 Å². The van der Waals surface area contributed by atoms with Crippen molar-refractivity contribution >= 4 is 17.7 Å². The van der Waals surface area contributed by atoms with E-state index in [9.17, 15) is 9.90 Å². The number of benzene rings is 2. The molecule has 0 fully saturated rings. The van der Waals surface area contributed by atoms with Crippen molar-refractivity contribution in [2.75, 3.05) is 13.2 Å². The Morgan fingerprint density at radius 3 is 2.43 bits per heavy atom. The summed E-state index contributed by atoms with van der Waals surface area (Å²) in [6.07, 6.45) is 0.176. The molecule has 0 spiro atoms. The smallest absolute Gasteiger partial charge is 0.407 e. The number of hydrogen-bond acceptors (Lipinski definition) is 3. The van der Waals surface area contributed by atoms with E-state index in [1.807, 2.05) is 54.6 Å². The molecule has 0 bridgehead atoms. The van der Waals surface area contributed by atoms with Crippen molar-refractivity contribution in [1.29, 1.82) is 0 Å². The van der Waals surface area contributed by atoms with Gasteiger partial charge in [-0.25, -0.2) is 4.79 Å². The Morgan fingerprint density at radius 1 is 1.09 bits per heavy atom. The molecule has 0 radical (unpaired) electrons. The molecule has 0 aliphatic carbocycles. The maximum atomic E-state index is 11.7. The second-order valence-electron chi connectivity index (χ2n) is 5.32. The van der Waals surface area contributed by atoms with Gasteiger partial charge in [0.25, 0.3) is 0 Å². The molecule has 1 unspecified atom stereocenters. The third-order valence-electron chi connectivity index (χ3n) is 3.44. The van der Waals surface area contributed by atoms with Gasteiger partial charge in [-0.3, -0.25) is 0 Å². The minimum atomic E-state index is -0.483. The zero-order valence-electron chi connectivity index (χ0n) is 12.7. The van der Waals surface area contributed by atoms with E-state index in [1.165, 1.54) is 0 Å². The molecule has 0 aromatic heterocycles. The molecule has 1 atom stereocenters. The number of halogens is 1. The van der Waals surface area contributed by atoms with Gasteiger partial charge in [0, 0.05) is 24.1 Å². The number of ether oxygens (including phenoxy) is 1. The summed E-state index contributed by atoms with van der Waals surface area (Å²) < 4.78 is 5.14. The van der Waals surface area contributed by atoms with Crippen molar-refractivity contribution in [3.05, 3.63) is 70.7 Å². The first-order valence-electron chi connectivity index (χ1n) is 7.47. The van der Waals surface area contributed by atoms with Crippen LogP contribution in [0.1, 0.15) is 11.1 Å². The van der Waals surface area contributed by atoms with Crippen LogP contribution in [0.5, 0.6) is 0 Å². The predicted molar refractivity (Wildman–Crippen MR) is 90.4 cm³/mol. The Kier molecular flexibility index (Phi) is 6.91. The Hall–Kier alpha value is -2.04. The molecular formula is C18H20ClNO3. The summed E-state index contributed by atoms with van der Waals surface area (Å²) >= 11 is 5.85. The Bertz CT molecular complexity index is 601. The molecule has 0 saturated carbocycles. The van der Waals surface area contributed by atoms with Crippen molar-refractivity contribution in [3.8, 4) is 0 Å². The molecule has 0 heterocycles. The molecule has 0 aliphatic heterocycles. The largest absolute Gasteiger partial charge is 0.445 e. The highest BCUT2D eigenvalue weighted by molar-refractivity contribution is 6.30. The Labute approximate surface area is 141 Å². The Morgan fingerprint density at radius 2 is 1.78 bits per heavy atom. The van der Waals surface area contributed by atoms with Crippen LogP contribution in [0.3, 0.4) is 0 Å². The van der Waals surface area contributed by atoms with Crippen molar-refractivity contribution in [1.82, 2.24) is 5.32 Å². The van der Waals surface area contributed by atoms with Crippen LogP contribution in [-0.4, -0.2) is 24.4 Å². The lowest BCUT2D eigenvalue weighted by Gasteiger charge is -2.15. The topological polar surface area (TPSA) is 58.6 Å². The summed E-state index contributed by atoms with van der Waals surface area (Å²) in [7, 11) is 0. The van der Waals surface area contributed by atoms with Gasteiger partial charge < -0.3 is 15.2 Å². The van der Waals surface area contributed by atoms with E-state index in [0.29, 0.717) is 18.0 Å².